The molecule has 0 saturated carbocycles. The number of likely N-dealkylation sites (tertiary alicyclic amines) is 1. The molecule has 4 heteroatoms. The smallest absolute Gasteiger partial charge is 0.251 e. The van der Waals surface area contributed by atoms with E-state index >= 15 is 0 Å². The first-order valence-corrected chi connectivity index (χ1v) is 9.28. The quantitative estimate of drug-likeness (QED) is 0.896. The van der Waals surface area contributed by atoms with Crippen LogP contribution in [0.2, 0.25) is 0 Å². The Labute approximate surface area is 145 Å². The third-order valence-corrected chi connectivity index (χ3v) is 4.97. The van der Waals surface area contributed by atoms with Crippen molar-refractivity contribution in [3.63, 3.8) is 0 Å². The fourth-order valence-electron chi connectivity index (χ4n) is 3.16. The zero-order valence-corrected chi connectivity index (χ0v) is 15.0. The van der Waals surface area contributed by atoms with E-state index in [1.807, 2.05) is 30.0 Å². The van der Waals surface area contributed by atoms with Crippen molar-refractivity contribution >= 4 is 11.8 Å². The Morgan fingerprint density at radius 1 is 1.04 bits per heavy atom. The Morgan fingerprint density at radius 3 is 2.21 bits per heavy atom. The first-order chi connectivity index (χ1) is 11.6. The normalized spacial score (nSPS) is 18.2. The van der Waals surface area contributed by atoms with Crippen LogP contribution in [-0.4, -0.2) is 35.8 Å². The lowest BCUT2D eigenvalue weighted by atomic mass is 9.96. The number of nitrogens with zero attached hydrogens (tertiary/aromatic N) is 1. The van der Waals surface area contributed by atoms with E-state index in [1.165, 1.54) is 19.3 Å². The third-order valence-electron chi connectivity index (χ3n) is 4.97. The van der Waals surface area contributed by atoms with Crippen LogP contribution in [0.5, 0.6) is 0 Å². The minimum atomic E-state index is -0.442. The molecule has 1 N–H and O–H groups in total. The lowest BCUT2D eigenvalue weighted by Crippen LogP contribution is -2.52. The molecule has 0 aliphatic carbocycles. The summed E-state index contributed by atoms with van der Waals surface area (Å²) in [6, 6.07) is 8.68. The molecular formula is C20H30N2O2. The molecule has 1 aliphatic rings. The predicted molar refractivity (Wildman–Crippen MR) is 96.8 cm³/mol. The molecule has 0 aromatic heterocycles. The lowest BCUT2D eigenvalue weighted by molar-refractivity contribution is -0.134. The van der Waals surface area contributed by atoms with Gasteiger partial charge in [0.15, 0.2) is 0 Å². The number of carbonyl (C=O) groups is 2. The van der Waals surface area contributed by atoms with E-state index in [4.69, 9.17) is 0 Å². The number of benzene rings is 1. The summed E-state index contributed by atoms with van der Waals surface area (Å²) in [5.41, 5.74) is 0.603. The van der Waals surface area contributed by atoms with Gasteiger partial charge in [0.1, 0.15) is 6.04 Å². The summed E-state index contributed by atoms with van der Waals surface area (Å²) in [6.45, 7) is 5.73. The van der Waals surface area contributed by atoms with Gasteiger partial charge >= 0.3 is 0 Å². The van der Waals surface area contributed by atoms with Crippen molar-refractivity contribution in [2.75, 3.05) is 13.1 Å². The molecule has 1 heterocycles. The van der Waals surface area contributed by atoms with Gasteiger partial charge in [-0.1, -0.05) is 57.7 Å². The maximum Gasteiger partial charge on any atom is 0.251 e. The van der Waals surface area contributed by atoms with Gasteiger partial charge in [-0.2, -0.15) is 0 Å². The summed E-state index contributed by atoms with van der Waals surface area (Å²) in [5, 5.41) is 2.99. The summed E-state index contributed by atoms with van der Waals surface area (Å²) in [7, 11) is 0. The van der Waals surface area contributed by atoms with Crippen molar-refractivity contribution < 1.29 is 9.59 Å². The zero-order chi connectivity index (χ0) is 17.4. The summed E-state index contributed by atoms with van der Waals surface area (Å²) < 4.78 is 0. The van der Waals surface area contributed by atoms with Crippen molar-refractivity contribution in [2.45, 2.75) is 58.4 Å². The van der Waals surface area contributed by atoms with E-state index in [0.29, 0.717) is 5.56 Å². The molecule has 0 spiro atoms. The van der Waals surface area contributed by atoms with Crippen molar-refractivity contribution in [1.82, 2.24) is 10.2 Å². The van der Waals surface area contributed by atoms with Crippen LogP contribution in [-0.2, 0) is 4.79 Å². The molecule has 132 valence electrons. The second kappa shape index (κ2) is 9.45. The summed E-state index contributed by atoms with van der Waals surface area (Å²) >= 11 is 0. The Hall–Kier alpha value is -1.84. The second-order valence-electron chi connectivity index (χ2n) is 6.80. The highest BCUT2D eigenvalue weighted by Crippen LogP contribution is 2.16. The van der Waals surface area contributed by atoms with E-state index in [0.717, 1.165) is 32.4 Å². The maximum absolute atomic E-state index is 13.0. The molecule has 0 bridgehead atoms. The average Bonchev–Trinajstić information content (AvgIpc) is 2.59. The number of amides is 2. The summed E-state index contributed by atoms with van der Waals surface area (Å²) in [4.78, 5) is 27.5. The monoisotopic (exact) mass is 330 g/mol. The van der Waals surface area contributed by atoms with Gasteiger partial charge in [-0.05, 0) is 30.9 Å². The van der Waals surface area contributed by atoms with Crippen LogP contribution in [0.1, 0.15) is 62.7 Å². The van der Waals surface area contributed by atoms with Gasteiger partial charge < -0.3 is 10.2 Å². The molecule has 1 saturated heterocycles. The van der Waals surface area contributed by atoms with Gasteiger partial charge in [-0.15, -0.1) is 0 Å². The first-order valence-electron chi connectivity index (χ1n) is 9.28. The van der Waals surface area contributed by atoms with Gasteiger partial charge in [-0.3, -0.25) is 9.59 Å². The zero-order valence-electron chi connectivity index (χ0n) is 15.0. The number of hydrogen-bond acceptors (Lipinski definition) is 2. The van der Waals surface area contributed by atoms with Crippen LogP contribution in [0.15, 0.2) is 30.3 Å². The van der Waals surface area contributed by atoms with Crippen LogP contribution in [0.4, 0.5) is 0 Å². The Bertz CT molecular complexity index is 522. The molecule has 2 unspecified atom stereocenters. The molecule has 2 amide bonds. The fourth-order valence-corrected chi connectivity index (χ4v) is 3.16. The summed E-state index contributed by atoms with van der Waals surface area (Å²) in [6.07, 6.45) is 6.63. The largest absolute Gasteiger partial charge is 0.341 e. The molecule has 2 rings (SSSR count). The van der Waals surface area contributed by atoms with Gasteiger partial charge in [0.25, 0.3) is 5.91 Å². The predicted octanol–water partition coefficient (Wildman–Crippen LogP) is 3.62. The number of carbonyl (C=O) groups excluding carboxylic acids is 2. The minimum Gasteiger partial charge on any atom is -0.341 e. The Morgan fingerprint density at radius 2 is 1.62 bits per heavy atom. The van der Waals surface area contributed by atoms with E-state index < -0.39 is 6.04 Å². The highest BCUT2D eigenvalue weighted by molar-refractivity contribution is 5.97. The molecular weight excluding hydrogens is 300 g/mol. The highest BCUT2D eigenvalue weighted by atomic mass is 16.2. The first kappa shape index (κ1) is 18.5. The van der Waals surface area contributed by atoms with Gasteiger partial charge in [0.05, 0.1) is 0 Å². The average molecular weight is 330 g/mol. The van der Waals surface area contributed by atoms with Crippen molar-refractivity contribution in [1.29, 1.82) is 0 Å². The van der Waals surface area contributed by atoms with Crippen molar-refractivity contribution in [3.8, 4) is 0 Å². The maximum atomic E-state index is 13.0. The van der Waals surface area contributed by atoms with E-state index in [2.05, 4.69) is 12.2 Å². The Balaban J connectivity index is 2.08. The molecule has 1 aromatic carbocycles. The number of nitrogens with one attached hydrogen (secondary N) is 1. The molecule has 1 aliphatic heterocycles. The lowest BCUT2D eigenvalue weighted by Gasteiger charge is -2.31. The van der Waals surface area contributed by atoms with E-state index in [9.17, 15) is 9.59 Å². The van der Waals surface area contributed by atoms with Crippen LogP contribution >= 0.6 is 0 Å². The number of hydrogen-bond donors (Lipinski definition) is 1. The van der Waals surface area contributed by atoms with Crippen LogP contribution in [0.3, 0.4) is 0 Å². The molecule has 1 fully saturated rings. The number of rotatable bonds is 5. The van der Waals surface area contributed by atoms with Gasteiger partial charge in [-0.25, -0.2) is 0 Å². The fraction of sp³-hybridized carbons (Fsp3) is 0.600. The van der Waals surface area contributed by atoms with E-state index in [-0.39, 0.29) is 17.7 Å². The molecule has 4 nitrogen and oxygen atoms in total. The van der Waals surface area contributed by atoms with Crippen molar-refractivity contribution in [3.05, 3.63) is 35.9 Å². The standard InChI is InChI=1S/C20H30N2O2/c1-3-16(2)18(21-19(23)17-12-8-7-9-13-17)20(24)22-14-10-5-4-6-11-15-22/h7-9,12-13,16,18H,3-6,10-11,14-15H2,1-2H3,(H,21,23). The Kier molecular flexibility index (Phi) is 7.29. The minimum absolute atomic E-state index is 0.0792. The topological polar surface area (TPSA) is 49.4 Å². The van der Waals surface area contributed by atoms with Crippen LogP contribution in [0, 0.1) is 5.92 Å². The van der Waals surface area contributed by atoms with Gasteiger partial charge in [0.2, 0.25) is 5.91 Å². The van der Waals surface area contributed by atoms with Crippen LogP contribution in [0.25, 0.3) is 0 Å². The van der Waals surface area contributed by atoms with Crippen LogP contribution < -0.4 is 5.32 Å². The second-order valence-corrected chi connectivity index (χ2v) is 6.80. The molecule has 1 aromatic rings. The summed E-state index contributed by atoms with van der Waals surface area (Å²) in [5.74, 6) is 0.0347. The van der Waals surface area contributed by atoms with Crippen molar-refractivity contribution in [2.24, 2.45) is 5.92 Å². The van der Waals surface area contributed by atoms with E-state index in [1.54, 1.807) is 12.1 Å². The van der Waals surface area contributed by atoms with Gasteiger partial charge in [0, 0.05) is 18.7 Å². The molecule has 0 radical (unpaired) electrons. The SMILES string of the molecule is CCC(C)C(NC(=O)c1ccccc1)C(=O)N1CCCCCCC1. The highest BCUT2D eigenvalue weighted by Gasteiger charge is 2.30. The molecule has 2 atom stereocenters. The third kappa shape index (κ3) is 5.08. The molecule has 24 heavy (non-hydrogen) atoms.